The zero-order valence-electron chi connectivity index (χ0n) is 11.6. The van der Waals surface area contributed by atoms with Gasteiger partial charge in [-0.1, -0.05) is 30.3 Å². The fourth-order valence-corrected chi connectivity index (χ4v) is 1.47. The second kappa shape index (κ2) is 6.89. The fraction of sp³-hybridized carbons (Fsp3) is 0.429. The minimum absolute atomic E-state index is 0.105. The maximum atomic E-state index is 11.6. The number of aldehydes is 1. The third-order valence-corrected chi connectivity index (χ3v) is 2.16. The molecule has 0 aromatic heterocycles. The minimum atomic E-state index is -0.566. The molecule has 0 unspecified atom stereocenters. The van der Waals surface area contributed by atoms with E-state index in [1.807, 2.05) is 30.3 Å². The number of nitrogens with zero attached hydrogens (tertiary/aromatic N) is 1. The molecule has 1 rings (SSSR count). The molecule has 0 spiro atoms. The topological polar surface area (TPSA) is 58.6 Å². The molecular weight excluding hydrogens is 244 g/mol. The summed E-state index contributed by atoms with van der Waals surface area (Å²) in [6.45, 7) is 5.91. The van der Waals surface area contributed by atoms with Gasteiger partial charge in [0.1, 0.15) is 11.9 Å². The van der Waals surface area contributed by atoms with Crippen LogP contribution in [-0.4, -0.2) is 29.5 Å². The van der Waals surface area contributed by atoms with Gasteiger partial charge >= 0.3 is 6.09 Å². The molecule has 5 nitrogen and oxygen atoms in total. The Balaban J connectivity index is 2.58. The van der Waals surface area contributed by atoms with E-state index in [9.17, 15) is 9.59 Å². The molecule has 5 heteroatoms. The minimum Gasteiger partial charge on any atom is -0.443 e. The third-order valence-electron chi connectivity index (χ3n) is 2.16. The predicted octanol–water partition coefficient (Wildman–Crippen LogP) is 2.13. The average Bonchev–Trinajstić information content (AvgIpc) is 2.27. The van der Waals surface area contributed by atoms with Crippen molar-refractivity contribution in [2.45, 2.75) is 32.9 Å². The fourth-order valence-electron chi connectivity index (χ4n) is 1.47. The summed E-state index contributed by atoms with van der Waals surface area (Å²) in [5, 5.41) is 1.51. The monoisotopic (exact) mass is 264 g/mol. The van der Waals surface area contributed by atoms with E-state index in [2.05, 4.69) is 5.43 Å². The van der Waals surface area contributed by atoms with Gasteiger partial charge in [-0.2, -0.15) is 0 Å². The first kappa shape index (κ1) is 15.2. The largest absolute Gasteiger partial charge is 0.443 e. The Morgan fingerprint density at radius 3 is 2.47 bits per heavy atom. The van der Waals surface area contributed by atoms with E-state index in [1.165, 1.54) is 5.01 Å². The summed E-state index contributed by atoms with van der Waals surface area (Å²) in [5.74, 6) is 0. The van der Waals surface area contributed by atoms with Crippen molar-refractivity contribution in [3.63, 3.8) is 0 Å². The number of amides is 1. The van der Waals surface area contributed by atoms with Crippen LogP contribution in [0.4, 0.5) is 4.79 Å². The summed E-state index contributed by atoms with van der Waals surface area (Å²) < 4.78 is 5.14. The number of nitrogens with one attached hydrogen (secondary N) is 1. The Morgan fingerprint density at radius 1 is 1.32 bits per heavy atom. The summed E-state index contributed by atoms with van der Waals surface area (Å²) >= 11 is 0. The van der Waals surface area contributed by atoms with E-state index < -0.39 is 11.7 Å². The molecule has 1 amide bonds. The maximum absolute atomic E-state index is 11.6. The molecule has 0 fully saturated rings. The van der Waals surface area contributed by atoms with Crippen LogP contribution in [0, 0.1) is 0 Å². The first-order valence-corrected chi connectivity index (χ1v) is 6.13. The van der Waals surface area contributed by atoms with Crippen molar-refractivity contribution in [1.82, 2.24) is 10.4 Å². The zero-order chi connectivity index (χ0) is 14.3. The van der Waals surface area contributed by atoms with E-state index in [0.29, 0.717) is 6.54 Å². The number of ether oxygens (including phenoxy) is 1. The van der Waals surface area contributed by atoms with Gasteiger partial charge in [-0.3, -0.25) is 5.43 Å². The van der Waals surface area contributed by atoms with Crippen LogP contribution in [0.2, 0.25) is 0 Å². The highest BCUT2D eigenvalue weighted by Gasteiger charge is 2.18. The smallest absolute Gasteiger partial charge is 0.422 e. The van der Waals surface area contributed by atoms with Crippen molar-refractivity contribution >= 4 is 12.4 Å². The standard InChI is InChI=1S/C14H20N2O3/c1-14(2,3)19-13(18)15-16(9-10-17)11-12-7-5-4-6-8-12/h4-8,10H,9,11H2,1-3H3,(H,15,18). The van der Waals surface area contributed by atoms with Crippen LogP contribution in [0.25, 0.3) is 0 Å². The lowest BCUT2D eigenvalue weighted by atomic mass is 10.2. The van der Waals surface area contributed by atoms with Gasteiger partial charge in [-0.15, -0.1) is 0 Å². The van der Waals surface area contributed by atoms with Crippen molar-refractivity contribution in [1.29, 1.82) is 0 Å². The van der Waals surface area contributed by atoms with Gasteiger partial charge in [0.2, 0.25) is 0 Å². The van der Waals surface area contributed by atoms with Crippen molar-refractivity contribution in [2.75, 3.05) is 6.54 Å². The number of rotatable bonds is 5. The Labute approximate surface area is 113 Å². The van der Waals surface area contributed by atoms with Crippen molar-refractivity contribution in [2.24, 2.45) is 0 Å². The van der Waals surface area contributed by atoms with Gasteiger partial charge in [0.15, 0.2) is 0 Å². The zero-order valence-corrected chi connectivity index (χ0v) is 11.6. The van der Waals surface area contributed by atoms with Crippen LogP contribution in [0.1, 0.15) is 26.3 Å². The first-order chi connectivity index (χ1) is 8.90. The highest BCUT2D eigenvalue weighted by Crippen LogP contribution is 2.07. The summed E-state index contributed by atoms with van der Waals surface area (Å²) in [7, 11) is 0. The molecule has 1 aromatic rings. The molecule has 19 heavy (non-hydrogen) atoms. The van der Waals surface area contributed by atoms with E-state index in [1.54, 1.807) is 20.8 Å². The molecule has 0 saturated heterocycles. The van der Waals surface area contributed by atoms with Crippen LogP contribution in [0.15, 0.2) is 30.3 Å². The molecule has 0 aliphatic heterocycles. The van der Waals surface area contributed by atoms with Crippen LogP contribution in [0.5, 0.6) is 0 Å². The Hall–Kier alpha value is -1.88. The van der Waals surface area contributed by atoms with Gasteiger partial charge in [0.05, 0.1) is 6.54 Å². The third kappa shape index (κ3) is 6.57. The van der Waals surface area contributed by atoms with E-state index in [4.69, 9.17) is 4.74 Å². The number of carbonyl (C=O) groups excluding carboxylic acids is 2. The molecule has 104 valence electrons. The van der Waals surface area contributed by atoms with Gasteiger partial charge in [0.25, 0.3) is 0 Å². The molecule has 1 aromatic carbocycles. The molecule has 0 atom stereocenters. The van der Waals surface area contributed by atoms with Crippen LogP contribution in [-0.2, 0) is 16.1 Å². The van der Waals surface area contributed by atoms with E-state index in [-0.39, 0.29) is 6.54 Å². The van der Waals surface area contributed by atoms with E-state index in [0.717, 1.165) is 11.8 Å². The number of benzene rings is 1. The molecule has 0 saturated carbocycles. The molecular formula is C14H20N2O3. The quantitative estimate of drug-likeness (QED) is 0.654. The number of hydrogen-bond donors (Lipinski definition) is 1. The molecule has 0 bridgehead atoms. The van der Waals surface area contributed by atoms with Crippen molar-refractivity contribution < 1.29 is 14.3 Å². The van der Waals surface area contributed by atoms with Gasteiger partial charge in [-0.25, -0.2) is 9.80 Å². The molecule has 0 heterocycles. The summed E-state index contributed by atoms with van der Waals surface area (Å²) in [5.41, 5.74) is 3.00. The Bertz CT molecular complexity index is 412. The highest BCUT2D eigenvalue weighted by atomic mass is 16.6. The molecule has 0 aliphatic rings. The highest BCUT2D eigenvalue weighted by molar-refractivity contribution is 5.67. The van der Waals surface area contributed by atoms with Crippen LogP contribution < -0.4 is 5.43 Å². The number of hydrogen-bond acceptors (Lipinski definition) is 4. The number of carbonyl (C=O) groups is 2. The normalized spacial score (nSPS) is 11.2. The molecule has 1 N–H and O–H groups in total. The predicted molar refractivity (Wildman–Crippen MR) is 72.3 cm³/mol. The average molecular weight is 264 g/mol. The second-order valence-corrected chi connectivity index (χ2v) is 5.15. The van der Waals surface area contributed by atoms with Crippen LogP contribution in [0.3, 0.4) is 0 Å². The molecule has 0 radical (unpaired) electrons. The van der Waals surface area contributed by atoms with Crippen molar-refractivity contribution in [3.8, 4) is 0 Å². The van der Waals surface area contributed by atoms with E-state index >= 15 is 0 Å². The summed E-state index contributed by atoms with van der Waals surface area (Å²) in [6.07, 6.45) is 0.172. The van der Waals surface area contributed by atoms with Crippen LogP contribution >= 0.6 is 0 Å². The second-order valence-electron chi connectivity index (χ2n) is 5.15. The summed E-state index contributed by atoms with van der Waals surface area (Å²) in [6, 6.07) is 9.57. The van der Waals surface area contributed by atoms with Gasteiger partial charge in [-0.05, 0) is 26.3 Å². The van der Waals surface area contributed by atoms with Gasteiger partial charge < -0.3 is 9.53 Å². The maximum Gasteiger partial charge on any atom is 0.422 e. The Morgan fingerprint density at radius 2 is 1.95 bits per heavy atom. The van der Waals surface area contributed by atoms with Gasteiger partial charge in [0, 0.05) is 6.54 Å². The summed E-state index contributed by atoms with van der Waals surface area (Å²) in [4.78, 5) is 22.3. The SMILES string of the molecule is CC(C)(C)OC(=O)NN(CC=O)Cc1ccccc1. The first-order valence-electron chi connectivity index (χ1n) is 6.13. The Kier molecular flexibility index (Phi) is 5.51. The van der Waals surface area contributed by atoms with Crippen molar-refractivity contribution in [3.05, 3.63) is 35.9 Å². The lowest BCUT2D eigenvalue weighted by molar-refractivity contribution is -0.109. The number of hydrazine groups is 1. The lowest BCUT2D eigenvalue weighted by Gasteiger charge is -2.24. The lowest BCUT2D eigenvalue weighted by Crippen LogP contribution is -2.45. The molecule has 0 aliphatic carbocycles.